The van der Waals surface area contributed by atoms with Gasteiger partial charge in [0.15, 0.2) is 0 Å². The maximum absolute atomic E-state index is 13.3. The van der Waals surface area contributed by atoms with Crippen LogP contribution in [0.1, 0.15) is 24.4 Å². The fraction of sp³-hybridized carbons (Fsp3) is 0.286. The number of para-hydroxylation sites is 1. The first-order valence-electron chi connectivity index (χ1n) is 8.89. The second kappa shape index (κ2) is 7.19. The lowest BCUT2D eigenvalue weighted by atomic mass is 10.1. The molecule has 0 amide bonds. The fourth-order valence-corrected chi connectivity index (χ4v) is 3.56. The molecule has 0 saturated carbocycles. The van der Waals surface area contributed by atoms with Gasteiger partial charge in [-0.25, -0.2) is 9.37 Å². The first kappa shape index (κ1) is 16.0. The van der Waals surface area contributed by atoms with Gasteiger partial charge >= 0.3 is 0 Å². The number of benzene rings is 2. The van der Waals surface area contributed by atoms with Crippen molar-refractivity contribution in [1.82, 2.24) is 9.88 Å². The van der Waals surface area contributed by atoms with E-state index in [9.17, 15) is 4.39 Å². The number of anilines is 1. The number of aromatic nitrogens is 1. The second-order valence-electron chi connectivity index (χ2n) is 6.58. The largest absolute Gasteiger partial charge is 0.368 e. The SMILES string of the molecule is Fc1ccc(C(CNc2ccc3ccccc3n2)N2CCCC2)cc1. The molecule has 4 rings (SSSR count). The molecule has 1 N–H and O–H groups in total. The van der Waals surface area contributed by atoms with Gasteiger partial charge in [-0.05, 0) is 61.8 Å². The van der Waals surface area contributed by atoms with Crippen molar-refractivity contribution >= 4 is 16.7 Å². The summed E-state index contributed by atoms with van der Waals surface area (Å²) in [5.41, 5.74) is 2.14. The second-order valence-corrected chi connectivity index (χ2v) is 6.58. The highest BCUT2D eigenvalue weighted by atomic mass is 19.1. The summed E-state index contributed by atoms with van der Waals surface area (Å²) in [6.45, 7) is 2.95. The average molecular weight is 335 g/mol. The predicted molar refractivity (Wildman–Crippen MR) is 100 cm³/mol. The third-order valence-electron chi connectivity index (χ3n) is 4.91. The highest BCUT2D eigenvalue weighted by molar-refractivity contribution is 5.80. The van der Waals surface area contributed by atoms with Gasteiger partial charge in [0, 0.05) is 11.9 Å². The number of rotatable bonds is 5. The van der Waals surface area contributed by atoms with E-state index in [-0.39, 0.29) is 11.9 Å². The van der Waals surface area contributed by atoms with Gasteiger partial charge in [-0.15, -0.1) is 0 Å². The standard InChI is InChI=1S/C21H22FN3/c22-18-10-7-17(8-11-18)20(25-13-3-4-14-25)15-23-21-12-9-16-5-1-2-6-19(16)24-21/h1-2,5-12,20H,3-4,13-15H2,(H,23,24). The van der Waals surface area contributed by atoms with Gasteiger partial charge in [0.1, 0.15) is 11.6 Å². The zero-order valence-corrected chi connectivity index (χ0v) is 14.2. The smallest absolute Gasteiger partial charge is 0.126 e. The molecule has 128 valence electrons. The van der Waals surface area contributed by atoms with Gasteiger partial charge in [0.25, 0.3) is 0 Å². The monoisotopic (exact) mass is 335 g/mol. The highest BCUT2D eigenvalue weighted by Gasteiger charge is 2.23. The zero-order valence-electron chi connectivity index (χ0n) is 14.2. The number of hydrogen-bond donors (Lipinski definition) is 1. The molecule has 0 radical (unpaired) electrons. The summed E-state index contributed by atoms with van der Waals surface area (Å²) in [6.07, 6.45) is 2.46. The molecule has 0 bridgehead atoms. The van der Waals surface area contributed by atoms with Crippen LogP contribution < -0.4 is 5.32 Å². The van der Waals surface area contributed by atoms with Crippen molar-refractivity contribution in [2.24, 2.45) is 0 Å². The Hall–Kier alpha value is -2.46. The van der Waals surface area contributed by atoms with Crippen LogP contribution in [0, 0.1) is 5.82 Å². The molecule has 2 aromatic carbocycles. The van der Waals surface area contributed by atoms with Crippen LogP contribution in [0.2, 0.25) is 0 Å². The molecule has 1 saturated heterocycles. The van der Waals surface area contributed by atoms with E-state index in [1.54, 1.807) is 12.1 Å². The molecular weight excluding hydrogens is 313 g/mol. The minimum atomic E-state index is -0.187. The van der Waals surface area contributed by atoms with Gasteiger partial charge in [0.05, 0.1) is 11.6 Å². The van der Waals surface area contributed by atoms with Crippen LogP contribution in [0.15, 0.2) is 60.7 Å². The number of nitrogens with zero attached hydrogens (tertiary/aromatic N) is 2. The van der Waals surface area contributed by atoms with E-state index in [0.717, 1.165) is 41.9 Å². The summed E-state index contributed by atoms with van der Waals surface area (Å²) in [5, 5.41) is 4.62. The highest BCUT2D eigenvalue weighted by Crippen LogP contribution is 2.26. The van der Waals surface area contributed by atoms with E-state index in [1.165, 1.54) is 12.8 Å². The summed E-state index contributed by atoms with van der Waals surface area (Å²) in [5.74, 6) is 0.693. The molecule has 1 atom stereocenters. The predicted octanol–water partition coefficient (Wildman–Crippen LogP) is 4.62. The van der Waals surface area contributed by atoms with Crippen molar-refractivity contribution in [3.05, 3.63) is 72.0 Å². The third kappa shape index (κ3) is 3.64. The number of fused-ring (bicyclic) bond motifs is 1. The topological polar surface area (TPSA) is 28.2 Å². The lowest BCUT2D eigenvalue weighted by molar-refractivity contribution is 0.255. The summed E-state index contributed by atoms with van der Waals surface area (Å²) >= 11 is 0. The molecule has 0 aliphatic carbocycles. The van der Waals surface area contributed by atoms with Crippen LogP contribution in [0.4, 0.5) is 10.2 Å². The number of nitrogens with one attached hydrogen (secondary N) is 1. The molecule has 3 aromatic rings. The van der Waals surface area contributed by atoms with Crippen molar-refractivity contribution in [3.63, 3.8) is 0 Å². The van der Waals surface area contributed by atoms with Crippen molar-refractivity contribution in [2.75, 3.05) is 25.0 Å². The van der Waals surface area contributed by atoms with Gasteiger partial charge in [-0.3, -0.25) is 4.90 Å². The number of likely N-dealkylation sites (tertiary alicyclic amines) is 1. The van der Waals surface area contributed by atoms with Crippen molar-refractivity contribution < 1.29 is 4.39 Å². The molecule has 0 spiro atoms. The Bertz CT molecular complexity index is 841. The van der Waals surface area contributed by atoms with E-state index in [2.05, 4.69) is 22.3 Å². The van der Waals surface area contributed by atoms with Crippen LogP contribution in [-0.4, -0.2) is 29.5 Å². The summed E-state index contributed by atoms with van der Waals surface area (Å²) in [7, 11) is 0. The lowest BCUT2D eigenvalue weighted by Crippen LogP contribution is -2.31. The number of halogens is 1. The number of hydrogen-bond acceptors (Lipinski definition) is 3. The van der Waals surface area contributed by atoms with E-state index in [4.69, 9.17) is 4.98 Å². The quantitative estimate of drug-likeness (QED) is 0.737. The molecular formula is C21H22FN3. The Morgan fingerprint density at radius 2 is 1.72 bits per heavy atom. The number of pyridine rings is 1. The van der Waals surface area contributed by atoms with Crippen LogP contribution in [0.5, 0.6) is 0 Å². The van der Waals surface area contributed by atoms with Gasteiger partial charge < -0.3 is 5.32 Å². The zero-order chi connectivity index (χ0) is 17.1. The fourth-order valence-electron chi connectivity index (χ4n) is 3.56. The van der Waals surface area contributed by atoms with Gasteiger partial charge in [-0.2, -0.15) is 0 Å². The maximum atomic E-state index is 13.3. The molecule has 1 aromatic heterocycles. The summed E-state index contributed by atoms with van der Waals surface area (Å²) in [6, 6.07) is 19.4. The Balaban J connectivity index is 1.54. The molecule has 3 nitrogen and oxygen atoms in total. The molecule has 2 heterocycles. The summed E-state index contributed by atoms with van der Waals surface area (Å²) in [4.78, 5) is 7.17. The Labute approximate surface area is 147 Å². The third-order valence-corrected chi connectivity index (χ3v) is 4.91. The maximum Gasteiger partial charge on any atom is 0.126 e. The van der Waals surface area contributed by atoms with E-state index in [1.807, 2.05) is 36.4 Å². The molecule has 1 fully saturated rings. The van der Waals surface area contributed by atoms with Crippen LogP contribution in [0.3, 0.4) is 0 Å². The molecule has 1 unspecified atom stereocenters. The molecule has 4 heteroatoms. The van der Waals surface area contributed by atoms with Crippen molar-refractivity contribution in [3.8, 4) is 0 Å². The van der Waals surface area contributed by atoms with Gasteiger partial charge in [-0.1, -0.05) is 30.3 Å². The first-order chi connectivity index (χ1) is 12.3. The molecule has 25 heavy (non-hydrogen) atoms. The van der Waals surface area contributed by atoms with Crippen LogP contribution in [0.25, 0.3) is 10.9 Å². The minimum absolute atomic E-state index is 0.187. The Kier molecular flexibility index (Phi) is 4.61. The lowest BCUT2D eigenvalue weighted by Gasteiger charge is -2.28. The normalized spacial score (nSPS) is 16.2. The van der Waals surface area contributed by atoms with Crippen LogP contribution in [-0.2, 0) is 0 Å². The summed E-state index contributed by atoms with van der Waals surface area (Å²) < 4.78 is 13.3. The van der Waals surface area contributed by atoms with E-state index >= 15 is 0 Å². The minimum Gasteiger partial charge on any atom is -0.368 e. The first-order valence-corrected chi connectivity index (χ1v) is 8.89. The Morgan fingerprint density at radius 1 is 0.960 bits per heavy atom. The molecule has 1 aliphatic rings. The van der Waals surface area contributed by atoms with Gasteiger partial charge in [0.2, 0.25) is 0 Å². The Morgan fingerprint density at radius 3 is 2.52 bits per heavy atom. The average Bonchev–Trinajstić information content (AvgIpc) is 3.18. The van der Waals surface area contributed by atoms with E-state index < -0.39 is 0 Å². The molecule has 1 aliphatic heterocycles. The van der Waals surface area contributed by atoms with E-state index in [0.29, 0.717) is 0 Å². The van der Waals surface area contributed by atoms with Crippen molar-refractivity contribution in [1.29, 1.82) is 0 Å². The van der Waals surface area contributed by atoms with Crippen LogP contribution >= 0.6 is 0 Å². The van der Waals surface area contributed by atoms with Crippen molar-refractivity contribution in [2.45, 2.75) is 18.9 Å².